The minimum atomic E-state index is -0.875. The van der Waals surface area contributed by atoms with Crippen molar-refractivity contribution in [1.82, 2.24) is 14.7 Å². The molecule has 1 saturated heterocycles. The second-order valence-electron chi connectivity index (χ2n) is 5.72. The molecular weight excluding hydrogens is 314 g/mol. The molecule has 1 aliphatic rings. The molecule has 0 saturated carbocycles. The van der Waals surface area contributed by atoms with Crippen LogP contribution in [-0.2, 0) is 16.1 Å². The van der Waals surface area contributed by atoms with Gasteiger partial charge in [0.25, 0.3) is 0 Å². The first kappa shape index (κ1) is 16.1. The van der Waals surface area contributed by atoms with Gasteiger partial charge in [-0.1, -0.05) is 0 Å². The largest absolute Gasteiger partial charge is 0.482 e. The number of carbonyl (C=O) groups is 2. The lowest BCUT2D eigenvalue weighted by Gasteiger charge is -2.36. The van der Waals surface area contributed by atoms with E-state index in [0.29, 0.717) is 32.0 Å². The molecule has 8 heteroatoms. The average molecular weight is 333 g/mol. The Morgan fingerprint density at radius 3 is 2.88 bits per heavy atom. The van der Waals surface area contributed by atoms with Crippen molar-refractivity contribution in [1.29, 1.82) is 0 Å². The molecule has 128 valence electrons. The first-order valence-electron chi connectivity index (χ1n) is 7.78. The van der Waals surface area contributed by atoms with Crippen molar-refractivity contribution in [3.63, 3.8) is 0 Å². The van der Waals surface area contributed by atoms with Gasteiger partial charge in [-0.2, -0.15) is 5.10 Å². The minimum absolute atomic E-state index is 0.124. The lowest BCUT2D eigenvalue weighted by molar-refractivity contribution is -0.145. The van der Waals surface area contributed by atoms with Crippen LogP contribution in [0.3, 0.4) is 0 Å². The molecule has 0 unspecified atom stereocenters. The number of hydrogen-bond donors (Lipinski definition) is 1. The molecule has 1 fully saturated rings. The standard InChI is InChI=1S/C16H19N3O5/c1-2-23-15(20)10-24-13-3-4-14-12(5-13)9-19(17-14)8-11-6-18(7-11)16(21)22/h3-5,9,11H,2,6-8,10H2,1H3,(H,21,22). The maximum absolute atomic E-state index is 11.3. The molecule has 8 nitrogen and oxygen atoms in total. The van der Waals surface area contributed by atoms with Crippen molar-refractivity contribution in [2.24, 2.45) is 5.92 Å². The first-order chi connectivity index (χ1) is 11.5. The number of carbonyl (C=O) groups excluding carboxylic acids is 1. The van der Waals surface area contributed by atoms with E-state index in [2.05, 4.69) is 5.10 Å². The number of carboxylic acid groups (broad SMARTS) is 1. The van der Waals surface area contributed by atoms with Crippen LogP contribution in [0.1, 0.15) is 6.92 Å². The van der Waals surface area contributed by atoms with Crippen molar-refractivity contribution >= 4 is 23.0 Å². The van der Waals surface area contributed by atoms with E-state index < -0.39 is 12.1 Å². The summed E-state index contributed by atoms with van der Waals surface area (Å²) in [6, 6.07) is 5.41. The predicted molar refractivity (Wildman–Crippen MR) is 84.9 cm³/mol. The van der Waals surface area contributed by atoms with Crippen LogP contribution in [0, 0.1) is 5.92 Å². The summed E-state index contributed by atoms with van der Waals surface area (Å²) in [7, 11) is 0. The maximum atomic E-state index is 11.3. The molecule has 0 spiro atoms. The Hall–Kier alpha value is -2.77. The summed E-state index contributed by atoms with van der Waals surface area (Å²) in [6.07, 6.45) is 1.02. The normalized spacial score (nSPS) is 14.5. The van der Waals surface area contributed by atoms with Crippen LogP contribution in [-0.4, -0.2) is 58.2 Å². The van der Waals surface area contributed by atoms with Crippen LogP contribution in [0.5, 0.6) is 5.75 Å². The monoisotopic (exact) mass is 333 g/mol. The van der Waals surface area contributed by atoms with Gasteiger partial charge in [-0.25, -0.2) is 9.59 Å². The number of esters is 1. The molecule has 1 N–H and O–H groups in total. The smallest absolute Gasteiger partial charge is 0.407 e. The highest BCUT2D eigenvalue weighted by molar-refractivity contribution is 5.80. The first-order valence-corrected chi connectivity index (χ1v) is 7.78. The number of hydrogen-bond acceptors (Lipinski definition) is 5. The van der Waals surface area contributed by atoms with Gasteiger partial charge in [0, 0.05) is 37.1 Å². The molecule has 0 aliphatic carbocycles. The highest BCUT2D eigenvalue weighted by atomic mass is 16.6. The van der Waals surface area contributed by atoms with Gasteiger partial charge in [-0.15, -0.1) is 0 Å². The Morgan fingerprint density at radius 1 is 1.38 bits per heavy atom. The molecule has 1 aliphatic heterocycles. The van der Waals surface area contributed by atoms with E-state index in [9.17, 15) is 9.59 Å². The fraction of sp³-hybridized carbons (Fsp3) is 0.438. The van der Waals surface area contributed by atoms with Crippen molar-refractivity contribution in [3.05, 3.63) is 24.4 Å². The maximum Gasteiger partial charge on any atom is 0.407 e. The lowest BCUT2D eigenvalue weighted by atomic mass is 10.0. The van der Waals surface area contributed by atoms with Gasteiger partial charge in [0.1, 0.15) is 5.75 Å². The Balaban J connectivity index is 1.60. The lowest BCUT2D eigenvalue weighted by Crippen LogP contribution is -2.50. The Morgan fingerprint density at radius 2 is 2.17 bits per heavy atom. The average Bonchev–Trinajstić information content (AvgIpc) is 2.90. The summed E-state index contributed by atoms with van der Waals surface area (Å²) < 4.78 is 12.0. The highest BCUT2D eigenvalue weighted by Gasteiger charge is 2.30. The van der Waals surface area contributed by atoms with E-state index >= 15 is 0 Å². The summed E-state index contributed by atoms with van der Waals surface area (Å²) in [6.45, 7) is 3.71. The van der Waals surface area contributed by atoms with Crippen molar-refractivity contribution in [3.8, 4) is 5.75 Å². The van der Waals surface area contributed by atoms with Gasteiger partial charge in [0.2, 0.25) is 0 Å². The van der Waals surface area contributed by atoms with Crippen LogP contribution in [0.15, 0.2) is 24.4 Å². The molecule has 1 amide bonds. The molecule has 0 radical (unpaired) electrons. The third-order valence-corrected chi connectivity index (χ3v) is 3.86. The van der Waals surface area contributed by atoms with Crippen LogP contribution in [0.4, 0.5) is 4.79 Å². The molecule has 24 heavy (non-hydrogen) atoms. The molecular formula is C16H19N3O5. The van der Waals surface area contributed by atoms with Crippen LogP contribution in [0.2, 0.25) is 0 Å². The number of benzene rings is 1. The Kier molecular flexibility index (Phi) is 4.54. The third-order valence-electron chi connectivity index (χ3n) is 3.86. The number of fused-ring (bicyclic) bond motifs is 1. The van der Waals surface area contributed by atoms with Crippen LogP contribution in [0.25, 0.3) is 10.9 Å². The molecule has 1 aromatic carbocycles. The van der Waals surface area contributed by atoms with Gasteiger partial charge in [-0.05, 0) is 25.1 Å². The molecule has 2 aromatic rings. The molecule has 0 bridgehead atoms. The quantitative estimate of drug-likeness (QED) is 0.807. The van der Waals surface area contributed by atoms with E-state index in [1.165, 1.54) is 4.90 Å². The topological polar surface area (TPSA) is 93.9 Å². The van der Waals surface area contributed by atoms with E-state index in [0.717, 1.165) is 10.9 Å². The number of aromatic nitrogens is 2. The summed E-state index contributed by atoms with van der Waals surface area (Å²) in [5, 5.41) is 14.2. The van der Waals surface area contributed by atoms with E-state index in [4.69, 9.17) is 14.6 Å². The third kappa shape index (κ3) is 3.58. The Bertz CT molecular complexity index is 751. The van der Waals surface area contributed by atoms with Crippen LogP contribution < -0.4 is 4.74 Å². The van der Waals surface area contributed by atoms with Gasteiger partial charge >= 0.3 is 12.1 Å². The van der Waals surface area contributed by atoms with Crippen molar-refractivity contribution in [2.75, 3.05) is 26.3 Å². The highest BCUT2D eigenvalue weighted by Crippen LogP contribution is 2.22. The van der Waals surface area contributed by atoms with Crippen molar-refractivity contribution < 1.29 is 24.2 Å². The number of nitrogens with zero attached hydrogens (tertiary/aromatic N) is 3. The van der Waals surface area contributed by atoms with Crippen molar-refractivity contribution in [2.45, 2.75) is 13.5 Å². The molecule has 3 rings (SSSR count). The van der Waals surface area contributed by atoms with Gasteiger partial charge in [0.05, 0.1) is 12.1 Å². The number of likely N-dealkylation sites (tertiary alicyclic amines) is 1. The zero-order valence-electron chi connectivity index (χ0n) is 13.3. The molecule has 0 atom stereocenters. The SMILES string of the molecule is CCOC(=O)COc1ccc2nn(CC3CN(C(=O)O)C3)cc2c1. The van der Waals surface area contributed by atoms with Gasteiger partial charge < -0.3 is 19.5 Å². The summed E-state index contributed by atoms with van der Waals surface area (Å²) in [4.78, 5) is 23.5. The number of amides is 1. The van der Waals surface area contributed by atoms with Gasteiger partial charge in [-0.3, -0.25) is 4.68 Å². The minimum Gasteiger partial charge on any atom is -0.482 e. The van der Waals surface area contributed by atoms with Gasteiger partial charge in [0.15, 0.2) is 6.61 Å². The van der Waals surface area contributed by atoms with E-state index in [1.54, 1.807) is 13.0 Å². The van der Waals surface area contributed by atoms with E-state index in [1.807, 2.05) is 23.0 Å². The molecule has 1 aromatic heterocycles. The fourth-order valence-electron chi connectivity index (χ4n) is 2.69. The van der Waals surface area contributed by atoms with E-state index in [-0.39, 0.29) is 12.5 Å². The number of ether oxygens (including phenoxy) is 2. The zero-order valence-corrected chi connectivity index (χ0v) is 13.3. The predicted octanol–water partition coefficient (Wildman–Crippen LogP) is 1.59. The molecule has 2 heterocycles. The second-order valence-corrected chi connectivity index (χ2v) is 5.72. The number of rotatable bonds is 6. The summed E-state index contributed by atoms with van der Waals surface area (Å²) in [5.41, 5.74) is 0.827. The zero-order chi connectivity index (χ0) is 17.1. The second kappa shape index (κ2) is 6.77. The summed E-state index contributed by atoms with van der Waals surface area (Å²) >= 11 is 0. The van der Waals surface area contributed by atoms with Crippen LogP contribution >= 0.6 is 0 Å². The fourth-order valence-corrected chi connectivity index (χ4v) is 2.69. The Labute approximate surface area is 138 Å². The summed E-state index contributed by atoms with van der Waals surface area (Å²) in [5.74, 6) is 0.465.